The van der Waals surface area contributed by atoms with E-state index in [1.165, 1.54) is 60.1 Å². The fourth-order valence-electron chi connectivity index (χ4n) is 8.06. The van der Waals surface area contributed by atoms with E-state index in [2.05, 4.69) is 163 Å². The molecule has 2 nitrogen and oxygen atoms in total. The van der Waals surface area contributed by atoms with Crippen molar-refractivity contribution in [3.05, 3.63) is 174 Å². The zero-order valence-electron chi connectivity index (χ0n) is 26.6. The molecule has 0 amide bonds. The number of benzene rings is 7. The fourth-order valence-corrected chi connectivity index (χ4v) is 8.06. The lowest BCUT2D eigenvalue weighted by atomic mass is 9.92. The first-order valence-electron chi connectivity index (χ1n) is 17.0. The first-order chi connectivity index (χ1) is 23.8. The van der Waals surface area contributed by atoms with Gasteiger partial charge in [0.2, 0.25) is 0 Å². The topological polar surface area (TPSA) is 12.5 Å². The Hall–Kier alpha value is -5.86. The molecule has 0 spiro atoms. The molecule has 48 heavy (non-hydrogen) atoms. The number of hydrogen-bond acceptors (Lipinski definition) is 2. The van der Waals surface area contributed by atoms with Crippen LogP contribution in [0.15, 0.2) is 157 Å². The number of nitrogens with zero attached hydrogens (tertiary/aromatic N) is 1. The molecule has 3 aliphatic rings. The van der Waals surface area contributed by atoms with E-state index < -0.39 is 0 Å². The van der Waals surface area contributed by atoms with Crippen LogP contribution in [0.5, 0.6) is 5.75 Å². The summed E-state index contributed by atoms with van der Waals surface area (Å²) in [6, 6.07) is 47.2. The highest BCUT2D eigenvalue weighted by atomic mass is 16.5. The summed E-state index contributed by atoms with van der Waals surface area (Å²) >= 11 is 0. The zero-order chi connectivity index (χ0) is 31.6. The van der Waals surface area contributed by atoms with E-state index in [4.69, 9.17) is 4.74 Å². The van der Waals surface area contributed by atoms with E-state index in [1.807, 2.05) is 0 Å². The van der Waals surface area contributed by atoms with Crippen molar-refractivity contribution in [2.24, 2.45) is 0 Å². The Morgan fingerprint density at radius 1 is 0.604 bits per heavy atom. The quantitative estimate of drug-likeness (QED) is 0.183. The maximum atomic E-state index is 6.48. The normalized spacial score (nSPS) is 16.0. The van der Waals surface area contributed by atoms with Gasteiger partial charge in [0.25, 0.3) is 0 Å². The van der Waals surface area contributed by atoms with Gasteiger partial charge in [0.1, 0.15) is 11.5 Å². The highest BCUT2D eigenvalue weighted by Gasteiger charge is 2.31. The van der Waals surface area contributed by atoms with E-state index in [0.29, 0.717) is 5.92 Å². The molecule has 10 rings (SSSR count). The number of allylic oxidation sites excluding steroid dienone is 5. The van der Waals surface area contributed by atoms with Crippen molar-refractivity contribution in [2.75, 3.05) is 4.90 Å². The van der Waals surface area contributed by atoms with Crippen LogP contribution in [0.4, 0.5) is 17.1 Å². The van der Waals surface area contributed by atoms with Gasteiger partial charge in [-0.3, -0.25) is 0 Å². The van der Waals surface area contributed by atoms with E-state index in [1.54, 1.807) is 0 Å². The summed E-state index contributed by atoms with van der Waals surface area (Å²) in [5.74, 6) is 2.30. The molecule has 7 aromatic carbocycles. The third-order valence-corrected chi connectivity index (χ3v) is 10.4. The van der Waals surface area contributed by atoms with Crippen LogP contribution in [0.1, 0.15) is 35.4 Å². The summed E-state index contributed by atoms with van der Waals surface area (Å²) < 4.78 is 6.48. The number of ether oxygens (including phenoxy) is 1. The minimum absolute atomic E-state index is 0.299. The van der Waals surface area contributed by atoms with E-state index in [-0.39, 0.29) is 0 Å². The molecule has 2 aliphatic carbocycles. The molecule has 7 aromatic rings. The summed E-state index contributed by atoms with van der Waals surface area (Å²) in [4.78, 5) is 2.41. The second kappa shape index (κ2) is 10.9. The van der Waals surface area contributed by atoms with Gasteiger partial charge in [0, 0.05) is 34.3 Å². The Morgan fingerprint density at radius 2 is 1.42 bits per heavy atom. The molecule has 1 atom stereocenters. The molecule has 1 aliphatic heterocycles. The van der Waals surface area contributed by atoms with Gasteiger partial charge in [-0.05, 0) is 98.8 Å². The molecular weight excluding hydrogens is 583 g/mol. The second-order valence-electron chi connectivity index (χ2n) is 13.2. The lowest BCUT2D eigenvalue weighted by Gasteiger charge is -2.28. The minimum Gasteiger partial charge on any atom is -0.461 e. The van der Waals surface area contributed by atoms with Gasteiger partial charge in [-0.25, -0.2) is 0 Å². The fraction of sp³-hybridized carbons (Fsp3) is 0.0870. The summed E-state index contributed by atoms with van der Waals surface area (Å²) in [5, 5.41) is 7.57. The van der Waals surface area contributed by atoms with Gasteiger partial charge < -0.3 is 9.64 Å². The van der Waals surface area contributed by atoms with Crippen molar-refractivity contribution in [3.63, 3.8) is 0 Å². The molecule has 0 radical (unpaired) electrons. The van der Waals surface area contributed by atoms with Crippen LogP contribution >= 0.6 is 0 Å². The SMILES string of the molecule is C1=CCC2C(=C1)Oc1cc(N(c3cccc(-c4ccc5c(c4)CCC=C5)c3)c3cccc4c3ccc3c5ccccc5ccc43)ccc12. The lowest BCUT2D eigenvalue weighted by molar-refractivity contribution is 0.425. The van der Waals surface area contributed by atoms with Gasteiger partial charge in [0.15, 0.2) is 0 Å². The lowest BCUT2D eigenvalue weighted by Crippen LogP contribution is -2.11. The van der Waals surface area contributed by atoms with Crippen molar-refractivity contribution >= 4 is 55.5 Å². The van der Waals surface area contributed by atoms with Gasteiger partial charge in [-0.1, -0.05) is 121 Å². The Balaban J connectivity index is 1.17. The summed E-state index contributed by atoms with van der Waals surface area (Å²) in [6.45, 7) is 0. The summed E-state index contributed by atoms with van der Waals surface area (Å²) in [5.41, 5.74) is 9.84. The summed E-state index contributed by atoms with van der Waals surface area (Å²) in [7, 11) is 0. The van der Waals surface area contributed by atoms with E-state index in [9.17, 15) is 0 Å². The van der Waals surface area contributed by atoms with Crippen LogP contribution in [0.25, 0.3) is 49.5 Å². The van der Waals surface area contributed by atoms with Crippen LogP contribution in [-0.2, 0) is 6.42 Å². The van der Waals surface area contributed by atoms with Crippen molar-refractivity contribution in [1.82, 2.24) is 0 Å². The van der Waals surface area contributed by atoms with Gasteiger partial charge >= 0.3 is 0 Å². The van der Waals surface area contributed by atoms with Gasteiger partial charge in [-0.2, -0.15) is 0 Å². The zero-order valence-corrected chi connectivity index (χ0v) is 26.6. The number of aryl methyl sites for hydroxylation is 1. The molecule has 0 saturated carbocycles. The Labute approximate surface area is 280 Å². The summed E-state index contributed by atoms with van der Waals surface area (Å²) in [6.07, 6.45) is 14.2. The van der Waals surface area contributed by atoms with Gasteiger partial charge in [-0.15, -0.1) is 0 Å². The molecule has 1 unspecified atom stereocenters. The molecule has 1 heterocycles. The van der Waals surface area contributed by atoms with Crippen molar-refractivity contribution in [1.29, 1.82) is 0 Å². The highest BCUT2D eigenvalue weighted by molar-refractivity contribution is 6.19. The molecule has 0 saturated heterocycles. The molecule has 0 fully saturated rings. The average Bonchev–Trinajstić information content (AvgIpc) is 3.53. The Kier molecular flexibility index (Phi) is 6.17. The van der Waals surface area contributed by atoms with Crippen LogP contribution < -0.4 is 9.64 Å². The van der Waals surface area contributed by atoms with E-state index >= 15 is 0 Å². The largest absolute Gasteiger partial charge is 0.461 e. The van der Waals surface area contributed by atoms with E-state index in [0.717, 1.165) is 47.8 Å². The molecule has 0 N–H and O–H groups in total. The first kappa shape index (κ1) is 27.3. The third kappa shape index (κ3) is 4.33. The monoisotopic (exact) mass is 615 g/mol. The number of fused-ring (bicyclic) bond motifs is 9. The number of hydrogen-bond donors (Lipinski definition) is 0. The first-order valence-corrected chi connectivity index (χ1v) is 17.0. The van der Waals surface area contributed by atoms with Crippen molar-refractivity contribution in [3.8, 4) is 16.9 Å². The third-order valence-electron chi connectivity index (χ3n) is 10.4. The maximum Gasteiger partial charge on any atom is 0.132 e. The molecule has 0 bridgehead atoms. The molecule has 2 heteroatoms. The standard InChI is InChI=1S/C46H33NO/c1-2-11-32-27-34(20-19-30(32)9-1)33-12-7-13-35(28-33)47(36-22-24-43-42-15-5-6-18-45(42)48-46(43)29-36)44-17-8-16-38-40-23-21-31-10-3-4-14-37(31)39(40)25-26-41(38)44/h1,3-10,12-14,16-29,42H,2,11,15H2. The Morgan fingerprint density at radius 3 is 2.42 bits per heavy atom. The van der Waals surface area contributed by atoms with Crippen molar-refractivity contribution < 1.29 is 4.74 Å². The number of rotatable bonds is 4. The average molecular weight is 616 g/mol. The maximum absolute atomic E-state index is 6.48. The highest BCUT2D eigenvalue weighted by Crippen LogP contribution is 2.49. The minimum atomic E-state index is 0.299. The molecule has 0 aromatic heterocycles. The van der Waals surface area contributed by atoms with Crippen LogP contribution in [-0.4, -0.2) is 0 Å². The number of anilines is 3. The van der Waals surface area contributed by atoms with Crippen molar-refractivity contribution in [2.45, 2.75) is 25.2 Å². The van der Waals surface area contributed by atoms with Gasteiger partial charge in [0.05, 0.1) is 5.69 Å². The van der Waals surface area contributed by atoms with Crippen LogP contribution in [0.2, 0.25) is 0 Å². The van der Waals surface area contributed by atoms with Crippen LogP contribution in [0, 0.1) is 0 Å². The second-order valence-corrected chi connectivity index (χ2v) is 13.2. The smallest absolute Gasteiger partial charge is 0.132 e. The predicted molar refractivity (Wildman–Crippen MR) is 202 cm³/mol. The molecule has 228 valence electrons. The molecular formula is C46H33NO. The van der Waals surface area contributed by atoms with Crippen LogP contribution in [0.3, 0.4) is 0 Å². The Bertz CT molecular complexity index is 2530. The predicted octanol–water partition coefficient (Wildman–Crippen LogP) is 12.6.